The monoisotopic (exact) mass is 239 g/mol. The first-order chi connectivity index (χ1) is 8.29. The van der Waals surface area contributed by atoms with Crippen LogP contribution in [0.1, 0.15) is 58.3 Å². The summed E-state index contributed by atoms with van der Waals surface area (Å²) in [5.41, 5.74) is 0.0415. The van der Waals surface area contributed by atoms with Crippen molar-refractivity contribution in [2.24, 2.45) is 0 Å². The van der Waals surface area contributed by atoms with E-state index in [0.717, 1.165) is 13.0 Å². The Kier molecular flexibility index (Phi) is 6.83. The van der Waals surface area contributed by atoms with Gasteiger partial charge in [-0.1, -0.05) is 38.7 Å². The molecule has 1 rings (SSSR count). The first-order valence-electron chi connectivity index (χ1n) is 7.18. The second-order valence-corrected chi connectivity index (χ2v) is 5.21. The molecule has 0 heterocycles. The van der Waals surface area contributed by atoms with Gasteiger partial charge >= 0.3 is 0 Å². The molecular formula is C15H29NO. The van der Waals surface area contributed by atoms with Crippen molar-refractivity contribution in [2.45, 2.75) is 69.9 Å². The van der Waals surface area contributed by atoms with Crippen LogP contribution in [0.15, 0.2) is 12.7 Å². The number of rotatable bonds is 7. The van der Waals surface area contributed by atoms with Crippen LogP contribution in [0.4, 0.5) is 0 Å². The number of hydrogen-bond donors (Lipinski definition) is 1. The maximum Gasteiger partial charge on any atom is 0.0834 e. The molecule has 0 aliphatic heterocycles. The van der Waals surface area contributed by atoms with Crippen molar-refractivity contribution in [1.29, 1.82) is 0 Å². The van der Waals surface area contributed by atoms with Gasteiger partial charge in [0.2, 0.25) is 0 Å². The molecule has 0 amide bonds. The van der Waals surface area contributed by atoms with E-state index in [1.807, 2.05) is 13.2 Å². The molecule has 0 spiro atoms. The minimum Gasteiger partial charge on any atom is -0.377 e. The van der Waals surface area contributed by atoms with Crippen LogP contribution >= 0.6 is 0 Å². The molecule has 1 saturated carbocycles. The van der Waals surface area contributed by atoms with Gasteiger partial charge in [-0.2, -0.15) is 0 Å². The zero-order valence-electron chi connectivity index (χ0n) is 11.6. The van der Waals surface area contributed by atoms with Gasteiger partial charge in [0.25, 0.3) is 0 Å². The fourth-order valence-corrected chi connectivity index (χ4v) is 2.99. The van der Waals surface area contributed by atoms with Gasteiger partial charge in [-0.15, -0.1) is 6.58 Å². The summed E-state index contributed by atoms with van der Waals surface area (Å²) in [5.74, 6) is 0. The van der Waals surface area contributed by atoms with E-state index in [1.165, 1.54) is 44.9 Å². The maximum atomic E-state index is 5.96. The van der Waals surface area contributed by atoms with E-state index in [4.69, 9.17) is 4.74 Å². The van der Waals surface area contributed by atoms with Crippen LogP contribution in [-0.2, 0) is 4.74 Å². The zero-order valence-corrected chi connectivity index (χ0v) is 11.6. The molecule has 2 heteroatoms. The largest absolute Gasteiger partial charge is 0.377 e. The molecule has 0 aromatic rings. The summed E-state index contributed by atoms with van der Waals surface area (Å²) >= 11 is 0. The molecular weight excluding hydrogens is 210 g/mol. The Bertz CT molecular complexity index is 207. The van der Waals surface area contributed by atoms with Crippen LogP contribution in [-0.4, -0.2) is 25.3 Å². The van der Waals surface area contributed by atoms with Crippen molar-refractivity contribution in [3.05, 3.63) is 12.7 Å². The van der Waals surface area contributed by atoms with E-state index in [-0.39, 0.29) is 5.60 Å². The van der Waals surface area contributed by atoms with E-state index in [9.17, 15) is 0 Å². The van der Waals surface area contributed by atoms with Gasteiger partial charge in [-0.05, 0) is 32.2 Å². The highest BCUT2D eigenvalue weighted by atomic mass is 16.5. The molecule has 1 N–H and O–H groups in total. The Morgan fingerprint density at radius 1 is 1.29 bits per heavy atom. The van der Waals surface area contributed by atoms with Gasteiger partial charge in [0.15, 0.2) is 0 Å². The number of nitrogens with one attached hydrogen (secondary N) is 1. The fraction of sp³-hybridized carbons (Fsp3) is 0.867. The third-order valence-corrected chi connectivity index (χ3v) is 4.03. The van der Waals surface area contributed by atoms with Gasteiger partial charge in [0.1, 0.15) is 0 Å². The smallest absolute Gasteiger partial charge is 0.0834 e. The number of methoxy groups -OCH3 is 1. The zero-order chi connectivity index (χ0) is 12.6. The quantitative estimate of drug-likeness (QED) is 0.540. The van der Waals surface area contributed by atoms with Gasteiger partial charge < -0.3 is 10.1 Å². The molecule has 100 valence electrons. The molecule has 0 aromatic heterocycles. The minimum atomic E-state index is 0.0415. The molecule has 0 radical (unpaired) electrons. The SMILES string of the molecule is C=CCC(NCCC)C1(OC)CCCCCC1. The summed E-state index contributed by atoms with van der Waals surface area (Å²) in [6.45, 7) is 7.18. The molecule has 0 aromatic carbocycles. The molecule has 2 nitrogen and oxygen atoms in total. The van der Waals surface area contributed by atoms with Crippen LogP contribution in [0.5, 0.6) is 0 Å². The molecule has 1 fully saturated rings. The molecule has 1 aliphatic carbocycles. The summed E-state index contributed by atoms with van der Waals surface area (Å²) in [6, 6.07) is 0.433. The minimum absolute atomic E-state index is 0.0415. The lowest BCUT2D eigenvalue weighted by Gasteiger charge is -2.39. The highest BCUT2D eigenvalue weighted by Crippen LogP contribution is 2.34. The molecule has 0 bridgehead atoms. The van der Waals surface area contributed by atoms with Gasteiger partial charge in [-0.25, -0.2) is 0 Å². The predicted molar refractivity (Wildman–Crippen MR) is 74.3 cm³/mol. The normalized spacial score (nSPS) is 21.8. The first kappa shape index (κ1) is 14.7. The van der Waals surface area contributed by atoms with E-state index in [0.29, 0.717) is 6.04 Å². The highest BCUT2D eigenvalue weighted by Gasteiger charge is 2.37. The van der Waals surface area contributed by atoms with E-state index in [1.54, 1.807) is 0 Å². The van der Waals surface area contributed by atoms with Crippen molar-refractivity contribution in [2.75, 3.05) is 13.7 Å². The van der Waals surface area contributed by atoms with E-state index >= 15 is 0 Å². The Morgan fingerprint density at radius 3 is 2.41 bits per heavy atom. The Hall–Kier alpha value is -0.340. The lowest BCUT2D eigenvalue weighted by atomic mass is 9.84. The van der Waals surface area contributed by atoms with Crippen molar-refractivity contribution in [3.63, 3.8) is 0 Å². The first-order valence-corrected chi connectivity index (χ1v) is 7.18. The van der Waals surface area contributed by atoms with Crippen LogP contribution < -0.4 is 5.32 Å². The lowest BCUT2D eigenvalue weighted by molar-refractivity contribution is -0.0519. The third-order valence-electron chi connectivity index (χ3n) is 4.03. The van der Waals surface area contributed by atoms with Crippen LogP contribution in [0, 0.1) is 0 Å². The van der Waals surface area contributed by atoms with Crippen LogP contribution in [0.25, 0.3) is 0 Å². The fourth-order valence-electron chi connectivity index (χ4n) is 2.99. The number of ether oxygens (including phenoxy) is 1. The highest BCUT2D eigenvalue weighted by molar-refractivity contribution is 4.97. The Morgan fingerprint density at radius 2 is 1.94 bits per heavy atom. The Balaban J connectivity index is 2.71. The maximum absolute atomic E-state index is 5.96. The molecule has 1 atom stereocenters. The second-order valence-electron chi connectivity index (χ2n) is 5.21. The second kappa shape index (κ2) is 7.88. The average Bonchev–Trinajstić information content (AvgIpc) is 2.60. The van der Waals surface area contributed by atoms with Gasteiger partial charge in [0.05, 0.1) is 5.60 Å². The van der Waals surface area contributed by atoms with Crippen molar-refractivity contribution < 1.29 is 4.74 Å². The average molecular weight is 239 g/mol. The third kappa shape index (κ3) is 4.11. The lowest BCUT2D eigenvalue weighted by Crippen LogP contribution is -2.52. The van der Waals surface area contributed by atoms with Gasteiger partial charge in [0, 0.05) is 13.2 Å². The van der Waals surface area contributed by atoms with Crippen molar-refractivity contribution in [1.82, 2.24) is 5.32 Å². The van der Waals surface area contributed by atoms with E-state index < -0.39 is 0 Å². The standard InChI is InChI=1S/C15H29NO/c1-4-10-14(16-13-5-2)15(17-3)11-8-6-7-9-12-15/h4,14,16H,1,5-13H2,2-3H3. The number of hydrogen-bond acceptors (Lipinski definition) is 2. The van der Waals surface area contributed by atoms with Crippen molar-refractivity contribution in [3.8, 4) is 0 Å². The summed E-state index contributed by atoms with van der Waals surface area (Å²) in [6.07, 6.45) is 11.9. The Labute approximate surface area is 107 Å². The van der Waals surface area contributed by atoms with E-state index in [2.05, 4.69) is 18.8 Å². The summed E-state index contributed by atoms with van der Waals surface area (Å²) in [4.78, 5) is 0. The molecule has 1 unspecified atom stereocenters. The summed E-state index contributed by atoms with van der Waals surface area (Å²) in [7, 11) is 1.88. The molecule has 0 saturated heterocycles. The summed E-state index contributed by atoms with van der Waals surface area (Å²) in [5, 5.41) is 3.66. The van der Waals surface area contributed by atoms with Crippen LogP contribution in [0.3, 0.4) is 0 Å². The van der Waals surface area contributed by atoms with Gasteiger partial charge in [-0.3, -0.25) is 0 Å². The molecule has 1 aliphatic rings. The van der Waals surface area contributed by atoms with Crippen molar-refractivity contribution >= 4 is 0 Å². The van der Waals surface area contributed by atoms with Crippen LogP contribution in [0.2, 0.25) is 0 Å². The molecule has 17 heavy (non-hydrogen) atoms. The predicted octanol–water partition coefficient (Wildman–Crippen LogP) is 3.67. The summed E-state index contributed by atoms with van der Waals surface area (Å²) < 4.78 is 5.96. The topological polar surface area (TPSA) is 21.3 Å².